The monoisotopic (exact) mass is 222 g/mol. The second kappa shape index (κ2) is 5.34. The summed E-state index contributed by atoms with van der Waals surface area (Å²) in [5.41, 5.74) is 0. The lowest BCUT2D eigenvalue weighted by molar-refractivity contribution is 0.435. The van der Waals surface area contributed by atoms with Crippen molar-refractivity contribution >= 4 is 5.95 Å². The van der Waals surface area contributed by atoms with Crippen LogP contribution in [0.15, 0.2) is 12.4 Å². The van der Waals surface area contributed by atoms with E-state index in [9.17, 15) is 0 Å². The second-order valence-electron chi connectivity index (χ2n) is 4.41. The van der Waals surface area contributed by atoms with Crippen LogP contribution in [0.25, 0.3) is 0 Å². The van der Waals surface area contributed by atoms with Crippen molar-refractivity contribution in [2.45, 2.75) is 38.8 Å². The van der Waals surface area contributed by atoms with Gasteiger partial charge in [0.25, 0.3) is 0 Å². The molecule has 0 aliphatic carbocycles. The van der Waals surface area contributed by atoms with Crippen LogP contribution in [0.4, 0.5) is 5.95 Å². The van der Waals surface area contributed by atoms with Crippen molar-refractivity contribution in [1.29, 1.82) is 0 Å². The van der Waals surface area contributed by atoms with E-state index in [0.29, 0.717) is 6.04 Å². The molecule has 0 bridgehead atoms. The molecule has 2 rings (SSSR count). The van der Waals surface area contributed by atoms with Crippen LogP contribution in [0, 0.1) is 0 Å². The van der Waals surface area contributed by atoms with Gasteiger partial charge in [-0.3, -0.25) is 0 Å². The molecule has 4 nitrogen and oxygen atoms in total. The van der Waals surface area contributed by atoms with Crippen LogP contribution in [0.3, 0.4) is 0 Å². The Morgan fingerprint density at radius 3 is 3.12 bits per heavy atom. The first kappa shape index (κ1) is 11.5. The zero-order valence-corrected chi connectivity index (χ0v) is 10.3. The molecule has 1 aromatic rings. The summed E-state index contributed by atoms with van der Waals surface area (Å²) in [6.45, 7) is 5.36. The molecule has 1 N–H and O–H groups in total. The molecule has 90 valence electrons. The summed E-state index contributed by atoms with van der Waals surface area (Å²) < 4.78 is 2.23. The van der Waals surface area contributed by atoms with Gasteiger partial charge in [-0.25, -0.2) is 4.98 Å². The molecule has 0 aromatic carbocycles. The molecule has 16 heavy (non-hydrogen) atoms. The van der Waals surface area contributed by atoms with Crippen molar-refractivity contribution in [3.63, 3.8) is 0 Å². The predicted octanol–water partition coefficient (Wildman–Crippen LogP) is 1.48. The Balaban J connectivity index is 2.16. The molecule has 2 heterocycles. The minimum Gasteiger partial charge on any atom is -0.338 e. The van der Waals surface area contributed by atoms with Crippen LogP contribution in [-0.2, 0) is 6.54 Å². The molecule has 1 fully saturated rings. The van der Waals surface area contributed by atoms with Gasteiger partial charge >= 0.3 is 0 Å². The van der Waals surface area contributed by atoms with E-state index >= 15 is 0 Å². The Morgan fingerprint density at radius 1 is 1.50 bits per heavy atom. The minimum atomic E-state index is 0.603. The Kier molecular flexibility index (Phi) is 3.83. The standard InChI is InChI=1S/C12H22N4/c1-3-15-9-7-14-12(15)16-8-5-4-6-11(16)10-13-2/h7,9,11,13H,3-6,8,10H2,1-2H3. The molecular formula is C12H22N4. The van der Waals surface area contributed by atoms with E-state index in [4.69, 9.17) is 0 Å². The quantitative estimate of drug-likeness (QED) is 0.837. The molecule has 0 spiro atoms. The minimum absolute atomic E-state index is 0.603. The van der Waals surface area contributed by atoms with Gasteiger partial charge in [0.05, 0.1) is 0 Å². The van der Waals surface area contributed by atoms with E-state index in [2.05, 4.69) is 32.9 Å². The molecule has 1 aliphatic rings. The van der Waals surface area contributed by atoms with Crippen molar-refractivity contribution in [2.24, 2.45) is 0 Å². The third-order valence-electron chi connectivity index (χ3n) is 3.36. The van der Waals surface area contributed by atoms with Gasteiger partial charge in [0.1, 0.15) is 0 Å². The van der Waals surface area contributed by atoms with Crippen molar-refractivity contribution in [3.05, 3.63) is 12.4 Å². The normalized spacial score (nSPS) is 21.4. The number of aromatic nitrogens is 2. The highest BCUT2D eigenvalue weighted by Crippen LogP contribution is 2.22. The highest BCUT2D eigenvalue weighted by atomic mass is 15.3. The van der Waals surface area contributed by atoms with E-state index in [-0.39, 0.29) is 0 Å². The van der Waals surface area contributed by atoms with Gasteiger partial charge in [0.15, 0.2) is 0 Å². The van der Waals surface area contributed by atoms with Gasteiger partial charge in [0.2, 0.25) is 5.95 Å². The fourth-order valence-electron chi connectivity index (χ4n) is 2.52. The van der Waals surface area contributed by atoms with E-state index in [1.807, 2.05) is 13.2 Å². The van der Waals surface area contributed by atoms with Crippen LogP contribution < -0.4 is 10.2 Å². The molecule has 1 saturated heterocycles. The maximum Gasteiger partial charge on any atom is 0.205 e. The largest absolute Gasteiger partial charge is 0.338 e. The first-order valence-electron chi connectivity index (χ1n) is 6.29. The van der Waals surface area contributed by atoms with Crippen LogP contribution in [0.5, 0.6) is 0 Å². The second-order valence-corrected chi connectivity index (χ2v) is 4.41. The van der Waals surface area contributed by atoms with Gasteiger partial charge in [-0.1, -0.05) is 0 Å². The van der Waals surface area contributed by atoms with Crippen molar-refractivity contribution in [2.75, 3.05) is 25.0 Å². The van der Waals surface area contributed by atoms with Crippen LogP contribution >= 0.6 is 0 Å². The molecule has 0 saturated carbocycles. The summed E-state index contributed by atoms with van der Waals surface area (Å²) in [7, 11) is 2.03. The molecule has 1 unspecified atom stereocenters. The van der Waals surface area contributed by atoms with Crippen LogP contribution in [-0.4, -0.2) is 35.7 Å². The summed E-state index contributed by atoms with van der Waals surface area (Å²) in [5, 5.41) is 3.29. The fraction of sp³-hybridized carbons (Fsp3) is 0.750. The summed E-state index contributed by atoms with van der Waals surface area (Å²) in [6, 6.07) is 0.603. The van der Waals surface area contributed by atoms with Gasteiger partial charge in [-0.2, -0.15) is 0 Å². The molecule has 0 amide bonds. The highest BCUT2D eigenvalue weighted by molar-refractivity contribution is 5.34. The Hall–Kier alpha value is -1.03. The number of piperidine rings is 1. The van der Waals surface area contributed by atoms with Crippen LogP contribution in [0.2, 0.25) is 0 Å². The van der Waals surface area contributed by atoms with Crippen molar-refractivity contribution in [1.82, 2.24) is 14.9 Å². The Bertz CT molecular complexity index is 319. The average molecular weight is 222 g/mol. The zero-order valence-electron chi connectivity index (χ0n) is 10.3. The predicted molar refractivity (Wildman–Crippen MR) is 66.8 cm³/mol. The zero-order chi connectivity index (χ0) is 11.4. The number of rotatable bonds is 4. The van der Waals surface area contributed by atoms with Crippen molar-refractivity contribution < 1.29 is 0 Å². The molecule has 0 radical (unpaired) electrons. The number of hydrogen-bond acceptors (Lipinski definition) is 3. The number of hydrogen-bond donors (Lipinski definition) is 1. The highest BCUT2D eigenvalue weighted by Gasteiger charge is 2.24. The maximum atomic E-state index is 4.50. The number of imidazole rings is 1. The molecule has 1 aromatic heterocycles. The third kappa shape index (κ3) is 2.21. The van der Waals surface area contributed by atoms with Gasteiger partial charge in [-0.05, 0) is 33.2 Å². The van der Waals surface area contributed by atoms with E-state index < -0.39 is 0 Å². The van der Waals surface area contributed by atoms with E-state index in [1.54, 1.807) is 0 Å². The Labute approximate surface area is 97.7 Å². The van der Waals surface area contributed by atoms with Gasteiger partial charge in [0, 0.05) is 38.1 Å². The first-order chi connectivity index (χ1) is 7.86. The topological polar surface area (TPSA) is 33.1 Å². The SMILES string of the molecule is CCn1ccnc1N1CCCCC1CNC. The Morgan fingerprint density at radius 2 is 2.38 bits per heavy atom. The summed E-state index contributed by atoms with van der Waals surface area (Å²) in [4.78, 5) is 6.97. The van der Waals surface area contributed by atoms with Gasteiger partial charge < -0.3 is 14.8 Å². The molecule has 1 atom stereocenters. The number of nitrogens with zero attached hydrogens (tertiary/aromatic N) is 3. The lowest BCUT2D eigenvalue weighted by Gasteiger charge is -2.36. The lowest BCUT2D eigenvalue weighted by Crippen LogP contribution is -2.46. The molecule has 1 aliphatic heterocycles. The fourth-order valence-corrected chi connectivity index (χ4v) is 2.52. The van der Waals surface area contributed by atoms with E-state index in [1.165, 1.54) is 19.3 Å². The number of likely N-dealkylation sites (N-methyl/N-ethyl adjacent to an activating group) is 1. The number of anilines is 1. The smallest absolute Gasteiger partial charge is 0.205 e. The number of aryl methyl sites for hydroxylation is 1. The lowest BCUT2D eigenvalue weighted by atomic mass is 10.0. The van der Waals surface area contributed by atoms with Crippen molar-refractivity contribution in [3.8, 4) is 0 Å². The first-order valence-corrected chi connectivity index (χ1v) is 6.29. The summed E-state index contributed by atoms with van der Waals surface area (Å²) in [6.07, 6.45) is 7.88. The molecule has 4 heteroatoms. The average Bonchev–Trinajstić information content (AvgIpc) is 2.78. The number of nitrogens with one attached hydrogen (secondary N) is 1. The van der Waals surface area contributed by atoms with E-state index in [0.717, 1.165) is 25.6 Å². The summed E-state index contributed by atoms with van der Waals surface area (Å²) in [5.74, 6) is 1.14. The van der Waals surface area contributed by atoms with Gasteiger partial charge in [-0.15, -0.1) is 0 Å². The molecular weight excluding hydrogens is 200 g/mol. The van der Waals surface area contributed by atoms with Crippen LogP contribution in [0.1, 0.15) is 26.2 Å². The maximum absolute atomic E-state index is 4.50. The third-order valence-corrected chi connectivity index (χ3v) is 3.36. The summed E-state index contributed by atoms with van der Waals surface area (Å²) >= 11 is 0.